The van der Waals surface area contributed by atoms with E-state index in [1.54, 1.807) is 0 Å². The number of nitrogens with zero attached hydrogens (tertiary/aromatic N) is 2. The molecule has 4 aromatic rings. The first-order valence-corrected chi connectivity index (χ1v) is 8.21. The van der Waals surface area contributed by atoms with Gasteiger partial charge in [0.15, 0.2) is 11.6 Å². The summed E-state index contributed by atoms with van der Waals surface area (Å²) in [6.45, 7) is 2.07. The number of aryl methyl sites for hydroxylation is 1. The van der Waals surface area contributed by atoms with Crippen molar-refractivity contribution in [3.63, 3.8) is 0 Å². The summed E-state index contributed by atoms with van der Waals surface area (Å²) < 4.78 is 0. The predicted octanol–water partition coefficient (Wildman–Crippen LogP) is 5.43. The Kier molecular flexibility index (Phi) is 4.01. The maximum atomic E-state index is 4.77. The third kappa shape index (κ3) is 3.28. The maximum Gasteiger partial charge on any atom is 0.174 e. The first-order chi connectivity index (χ1) is 12.3. The summed E-state index contributed by atoms with van der Waals surface area (Å²) in [5, 5.41) is 6.79. The molecule has 25 heavy (non-hydrogen) atoms. The number of hydrogen-bond donors (Lipinski definition) is 2. The van der Waals surface area contributed by atoms with Gasteiger partial charge in [-0.05, 0) is 42.8 Å². The molecular formula is C21H18N4. The van der Waals surface area contributed by atoms with Crippen molar-refractivity contribution in [1.82, 2.24) is 9.97 Å². The molecule has 4 heteroatoms. The summed E-state index contributed by atoms with van der Waals surface area (Å²) in [4.78, 5) is 9.53. The summed E-state index contributed by atoms with van der Waals surface area (Å²) in [5.41, 5.74) is 4.86. The fourth-order valence-electron chi connectivity index (χ4n) is 2.67. The number of hydrogen-bond acceptors (Lipinski definition) is 4. The number of para-hydroxylation sites is 4. The fraction of sp³-hybridized carbons (Fsp3) is 0.0476. The second kappa shape index (κ2) is 6.61. The van der Waals surface area contributed by atoms with Gasteiger partial charge >= 0.3 is 0 Å². The van der Waals surface area contributed by atoms with Crippen LogP contribution in [-0.4, -0.2) is 9.97 Å². The SMILES string of the molecule is Cc1ccccc1Nc1nc2ccccc2nc1Nc1ccccc1. The van der Waals surface area contributed by atoms with Crippen LogP contribution in [0.3, 0.4) is 0 Å². The molecule has 1 heterocycles. The van der Waals surface area contributed by atoms with Gasteiger partial charge in [0, 0.05) is 11.4 Å². The minimum Gasteiger partial charge on any atom is -0.337 e. The lowest BCUT2D eigenvalue weighted by Crippen LogP contribution is -2.04. The zero-order valence-electron chi connectivity index (χ0n) is 13.9. The van der Waals surface area contributed by atoms with Crippen molar-refractivity contribution in [3.8, 4) is 0 Å². The van der Waals surface area contributed by atoms with E-state index in [4.69, 9.17) is 9.97 Å². The molecule has 1 aromatic heterocycles. The zero-order chi connectivity index (χ0) is 17.1. The quantitative estimate of drug-likeness (QED) is 0.525. The van der Waals surface area contributed by atoms with Gasteiger partial charge in [0.2, 0.25) is 0 Å². The summed E-state index contributed by atoms with van der Waals surface area (Å²) in [7, 11) is 0. The van der Waals surface area contributed by atoms with E-state index in [1.807, 2.05) is 72.8 Å². The van der Waals surface area contributed by atoms with E-state index >= 15 is 0 Å². The average molecular weight is 326 g/mol. The Balaban J connectivity index is 1.79. The van der Waals surface area contributed by atoms with Gasteiger partial charge in [0.25, 0.3) is 0 Å². The van der Waals surface area contributed by atoms with Crippen LogP contribution in [0, 0.1) is 6.92 Å². The predicted molar refractivity (Wildman–Crippen MR) is 104 cm³/mol. The van der Waals surface area contributed by atoms with Gasteiger partial charge in [-0.15, -0.1) is 0 Å². The Morgan fingerprint density at radius 2 is 1.16 bits per heavy atom. The molecule has 0 unspecified atom stereocenters. The van der Waals surface area contributed by atoms with Crippen LogP contribution in [0.5, 0.6) is 0 Å². The number of nitrogens with one attached hydrogen (secondary N) is 2. The Morgan fingerprint density at radius 3 is 1.84 bits per heavy atom. The monoisotopic (exact) mass is 326 g/mol. The van der Waals surface area contributed by atoms with E-state index < -0.39 is 0 Å². The number of aromatic nitrogens is 2. The van der Waals surface area contributed by atoms with Crippen LogP contribution in [0.15, 0.2) is 78.9 Å². The van der Waals surface area contributed by atoms with Crippen molar-refractivity contribution < 1.29 is 0 Å². The number of anilines is 4. The molecule has 0 spiro atoms. The van der Waals surface area contributed by atoms with Crippen molar-refractivity contribution >= 4 is 34.0 Å². The van der Waals surface area contributed by atoms with Crippen molar-refractivity contribution in [2.45, 2.75) is 6.92 Å². The normalized spacial score (nSPS) is 10.6. The lowest BCUT2D eigenvalue weighted by molar-refractivity contribution is 1.26. The van der Waals surface area contributed by atoms with Crippen LogP contribution < -0.4 is 10.6 Å². The van der Waals surface area contributed by atoms with Gasteiger partial charge in [-0.2, -0.15) is 0 Å². The standard InChI is InChI=1S/C21H18N4/c1-15-9-5-6-12-17(15)23-21-20(22-16-10-3-2-4-11-16)24-18-13-7-8-14-19(18)25-21/h2-14H,1H3,(H,22,24)(H,23,25). The number of fused-ring (bicyclic) bond motifs is 1. The molecule has 0 aliphatic rings. The second-order valence-electron chi connectivity index (χ2n) is 5.84. The van der Waals surface area contributed by atoms with E-state index in [9.17, 15) is 0 Å². The van der Waals surface area contributed by atoms with Crippen molar-refractivity contribution in [1.29, 1.82) is 0 Å². The fourth-order valence-corrected chi connectivity index (χ4v) is 2.67. The van der Waals surface area contributed by atoms with Gasteiger partial charge in [0.1, 0.15) is 0 Å². The molecule has 0 saturated heterocycles. The highest BCUT2D eigenvalue weighted by molar-refractivity contribution is 5.83. The Bertz CT molecular complexity index is 1010. The first-order valence-electron chi connectivity index (χ1n) is 8.21. The molecule has 122 valence electrons. The Labute approximate surface area is 146 Å². The highest BCUT2D eigenvalue weighted by Crippen LogP contribution is 2.28. The van der Waals surface area contributed by atoms with Crippen molar-refractivity contribution in [3.05, 3.63) is 84.4 Å². The van der Waals surface area contributed by atoms with Gasteiger partial charge in [0.05, 0.1) is 11.0 Å². The highest BCUT2D eigenvalue weighted by atomic mass is 15.1. The van der Waals surface area contributed by atoms with Gasteiger partial charge < -0.3 is 10.6 Å². The van der Waals surface area contributed by atoms with E-state index in [-0.39, 0.29) is 0 Å². The lowest BCUT2D eigenvalue weighted by Gasteiger charge is -2.14. The summed E-state index contributed by atoms with van der Waals surface area (Å²) >= 11 is 0. The van der Waals surface area contributed by atoms with Crippen LogP contribution in [0.1, 0.15) is 5.56 Å². The molecule has 0 amide bonds. The molecule has 0 saturated carbocycles. The third-order valence-electron chi connectivity index (χ3n) is 4.01. The number of rotatable bonds is 4. The van der Waals surface area contributed by atoms with Crippen molar-refractivity contribution in [2.24, 2.45) is 0 Å². The van der Waals surface area contributed by atoms with Crippen LogP contribution >= 0.6 is 0 Å². The molecule has 4 nitrogen and oxygen atoms in total. The Hall–Kier alpha value is -3.40. The molecule has 4 rings (SSSR count). The summed E-state index contributed by atoms with van der Waals surface area (Å²) in [6, 6.07) is 26.0. The van der Waals surface area contributed by atoms with Crippen LogP contribution in [0.4, 0.5) is 23.0 Å². The van der Waals surface area contributed by atoms with Crippen molar-refractivity contribution in [2.75, 3.05) is 10.6 Å². The van der Waals surface area contributed by atoms with Crippen LogP contribution in [0.25, 0.3) is 11.0 Å². The van der Waals surface area contributed by atoms with Gasteiger partial charge in [-0.1, -0.05) is 48.5 Å². The molecule has 0 fully saturated rings. The van der Waals surface area contributed by atoms with Crippen LogP contribution in [-0.2, 0) is 0 Å². The van der Waals surface area contributed by atoms with E-state index in [2.05, 4.69) is 23.6 Å². The summed E-state index contributed by atoms with van der Waals surface area (Å²) in [6.07, 6.45) is 0. The largest absolute Gasteiger partial charge is 0.337 e. The molecule has 0 bridgehead atoms. The van der Waals surface area contributed by atoms with Gasteiger partial charge in [-0.3, -0.25) is 0 Å². The van der Waals surface area contributed by atoms with E-state index in [0.717, 1.165) is 28.0 Å². The topological polar surface area (TPSA) is 49.8 Å². The molecule has 0 radical (unpaired) electrons. The van der Waals surface area contributed by atoms with E-state index in [0.29, 0.717) is 11.6 Å². The molecule has 0 aliphatic heterocycles. The molecule has 2 N–H and O–H groups in total. The minimum absolute atomic E-state index is 0.702. The van der Waals surface area contributed by atoms with E-state index in [1.165, 1.54) is 0 Å². The first kappa shape index (κ1) is 15.1. The maximum absolute atomic E-state index is 4.77. The third-order valence-corrected chi connectivity index (χ3v) is 4.01. The Morgan fingerprint density at radius 1 is 0.600 bits per heavy atom. The molecule has 0 atom stereocenters. The van der Waals surface area contributed by atoms with Gasteiger partial charge in [-0.25, -0.2) is 9.97 Å². The molecular weight excluding hydrogens is 308 g/mol. The highest BCUT2D eigenvalue weighted by Gasteiger charge is 2.10. The molecule has 0 aliphatic carbocycles. The zero-order valence-corrected chi connectivity index (χ0v) is 13.9. The summed E-state index contributed by atoms with van der Waals surface area (Å²) in [5.74, 6) is 1.41. The minimum atomic E-state index is 0.702. The lowest BCUT2D eigenvalue weighted by atomic mass is 10.2. The molecule has 3 aromatic carbocycles. The second-order valence-corrected chi connectivity index (χ2v) is 5.84. The smallest absolute Gasteiger partial charge is 0.174 e. The average Bonchev–Trinajstić information content (AvgIpc) is 2.65. The number of benzene rings is 3. The van der Waals surface area contributed by atoms with Crippen LogP contribution in [0.2, 0.25) is 0 Å².